The molecule has 0 aromatic carbocycles. The molecule has 3 heterocycles. The molecule has 0 aliphatic carbocycles. The number of aliphatic imine (C=N–C) groups is 2. The summed E-state index contributed by atoms with van der Waals surface area (Å²) in [6.07, 6.45) is 6.35. The molecule has 16 heavy (non-hydrogen) atoms. The van der Waals surface area contributed by atoms with Crippen LogP contribution in [-0.4, -0.2) is 43.1 Å². The van der Waals surface area contributed by atoms with Crippen molar-refractivity contribution in [3.63, 3.8) is 0 Å². The maximum atomic E-state index is 11.9. The molecule has 4 unspecified atom stereocenters. The molecule has 1 radical (unpaired) electrons. The lowest BCUT2D eigenvalue weighted by atomic mass is 9.81. The lowest BCUT2D eigenvalue weighted by molar-refractivity contribution is -0.118. The Labute approximate surface area is 94.4 Å². The van der Waals surface area contributed by atoms with Gasteiger partial charge in [-0.2, -0.15) is 0 Å². The topological polar surface area (TPSA) is 67.9 Å². The summed E-state index contributed by atoms with van der Waals surface area (Å²) in [4.78, 5) is 20.3. The Kier molecular flexibility index (Phi) is 2.47. The van der Waals surface area contributed by atoms with Crippen molar-refractivity contribution in [3.05, 3.63) is 0 Å². The number of carbonyl (C=O) groups excluding carboxylic acids is 1. The van der Waals surface area contributed by atoms with Crippen molar-refractivity contribution < 1.29 is 4.79 Å². The zero-order valence-electron chi connectivity index (χ0n) is 9.04. The van der Waals surface area contributed by atoms with Gasteiger partial charge in [-0.1, -0.05) is 6.42 Å². The second-order valence-corrected chi connectivity index (χ2v) is 4.56. The fourth-order valence-corrected chi connectivity index (χ4v) is 2.75. The van der Waals surface area contributed by atoms with Crippen LogP contribution in [0.3, 0.4) is 0 Å². The van der Waals surface area contributed by atoms with Gasteiger partial charge in [-0.25, -0.2) is 10.3 Å². The number of carbonyl (C=O) groups is 1. The minimum absolute atomic E-state index is 0.0318. The van der Waals surface area contributed by atoms with Crippen LogP contribution in [0.25, 0.3) is 0 Å². The van der Waals surface area contributed by atoms with Gasteiger partial charge in [-0.15, -0.1) is 0 Å². The van der Waals surface area contributed by atoms with E-state index in [9.17, 15) is 4.79 Å². The first-order valence-electron chi connectivity index (χ1n) is 5.87. The number of fused-ring (bicyclic) bond motifs is 1. The minimum atomic E-state index is -0.111. The van der Waals surface area contributed by atoms with E-state index in [1.165, 1.54) is 12.6 Å². The molecule has 0 aromatic heterocycles. The van der Waals surface area contributed by atoms with Crippen LogP contribution in [0.15, 0.2) is 9.98 Å². The van der Waals surface area contributed by atoms with Gasteiger partial charge < -0.3 is 5.32 Å². The van der Waals surface area contributed by atoms with Gasteiger partial charge in [-0.3, -0.25) is 9.79 Å². The predicted molar refractivity (Wildman–Crippen MR) is 60.8 cm³/mol. The SMILES string of the molecule is O=C1C=NC2N=CNC2C1C1CCCC[N]1. The monoisotopic (exact) mass is 219 g/mol. The number of hydrogen-bond acceptors (Lipinski definition) is 4. The van der Waals surface area contributed by atoms with Gasteiger partial charge in [0.1, 0.15) is 0 Å². The molecule has 0 aromatic rings. The maximum Gasteiger partial charge on any atom is 0.180 e. The average molecular weight is 219 g/mol. The molecule has 3 aliphatic rings. The van der Waals surface area contributed by atoms with E-state index in [1.54, 1.807) is 6.34 Å². The number of piperidine rings is 1. The summed E-state index contributed by atoms with van der Waals surface area (Å²) in [5, 5.41) is 7.74. The molecule has 4 atom stereocenters. The van der Waals surface area contributed by atoms with Gasteiger partial charge in [0, 0.05) is 12.6 Å². The lowest BCUT2D eigenvalue weighted by Crippen LogP contribution is -2.54. The van der Waals surface area contributed by atoms with E-state index in [2.05, 4.69) is 20.6 Å². The van der Waals surface area contributed by atoms with Crippen molar-refractivity contribution in [2.75, 3.05) is 6.54 Å². The summed E-state index contributed by atoms with van der Waals surface area (Å²) in [7, 11) is 0. The maximum absolute atomic E-state index is 11.9. The third kappa shape index (κ3) is 1.55. The highest BCUT2D eigenvalue weighted by Crippen LogP contribution is 2.27. The largest absolute Gasteiger partial charge is 0.369 e. The van der Waals surface area contributed by atoms with E-state index in [-0.39, 0.29) is 30.0 Å². The molecule has 3 aliphatic heterocycles. The van der Waals surface area contributed by atoms with E-state index >= 15 is 0 Å². The van der Waals surface area contributed by atoms with Crippen LogP contribution >= 0.6 is 0 Å². The zero-order chi connectivity index (χ0) is 11.0. The van der Waals surface area contributed by atoms with E-state index in [0.717, 1.165) is 19.4 Å². The molecule has 5 nitrogen and oxygen atoms in total. The van der Waals surface area contributed by atoms with Crippen molar-refractivity contribution in [1.29, 1.82) is 0 Å². The number of hydrogen-bond donors (Lipinski definition) is 1. The third-order valence-corrected chi connectivity index (χ3v) is 3.57. The number of nitrogens with one attached hydrogen (secondary N) is 1. The van der Waals surface area contributed by atoms with Crippen LogP contribution in [0.4, 0.5) is 0 Å². The second-order valence-electron chi connectivity index (χ2n) is 4.56. The molecule has 1 saturated heterocycles. The summed E-state index contributed by atoms with van der Waals surface area (Å²) in [5.41, 5.74) is 0. The summed E-state index contributed by atoms with van der Waals surface area (Å²) in [5.74, 6) is 0.0419. The second kappa shape index (κ2) is 3.97. The average Bonchev–Trinajstić information content (AvgIpc) is 2.78. The highest BCUT2D eigenvalue weighted by atomic mass is 16.1. The standard InChI is InChI=1S/C11H15N4O/c16-8-5-13-11-10(14-6-15-11)9(8)7-3-1-2-4-12-7/h5-7,9-11H,1-4H2,(H,14,15). The minimum Gasteiger partial charge on any atom is -0.369 e. The summed E-state index contributed by atoms with van der Waals surface area (Å²) in [6.45, 7) is 0.893. The Bertz CT molecular complexity index is 346. The molecule has 3 rings (SSSR count). The summed E-state index contributed by atoms with van der Waals surface area (Å²) < 4.78 is 0. The smallest absolute Gasteiger partial charge is 0.180 e. The molecule has 1 N–H and O–H groups in total. The Hall–Kier alpha value is -1.23. The zero-order valence-corrected chi connectivity index (χ0v) is 9.04. The van der Waals surface area contributed by atoms with Crippen LogP contribution in [0.5, 0.6) is 0 Å². The molecular formula is C11H15N4O. The Morgan fingerprint density at radius 1 is 1.31 bits per heavy atom. The Balaban J connectivity index is 1.81. The van der Waals surface area contributed by atoms with Crippen LogP contribution in [0.2, 0.25) is 0 Å². The molecule has 0 spiro atoms. The summed E-state index contributed by atoms with van der Waals surface area (Å²) >= 11 is 0. The van der Waals surface area contributed by atoms with Gasteiger partial charge in [0.15, 0.2) is 11.9 Å². The van der Waals surface area contributed by atoms with Crippen molar-refractivity contribution >= 4 is 18.3 Å². The molecule has 85 valence electrons. The van der Waals surface area contributed by atoms with E-state index < -0.39 is 0 Å². The lowest BCUT2D eigenvalue weighted by Gasteiger charge is -2.35. The molecule has 5 heteroatoms. The van der Waals surface area contributed by atoms with Crippen LogP contribution in [0.1, 0.15) is 19.3 Å². The molecule has 0 bridgehead atoms. The number of Topliss-reactive ketones (excluding diaryl/α,β-unsaturated/α-hetero) is 1. The van der Waals surface area contributed by atoms with Crippen molar-refractivity contribution in [1.82, 2.24) is 10.6 Å². The first-order chi connectivity index (χ1) is 7.86. The first-order valence-corrected chi connectivity index (χ1v) is 5.87. The summed E-state index contributed by atoms with van der Waals surface area (Å²) in [6, 6.07) is 0.194. The van der Waals surface area contributed by atoms with Crippen molar-refractivity contribution in [2.24, 2.45) is 15.9 Å². The fourth-order valence-electron chi connectivity index (χ4n) is 2.75. The normalized spacial score (nSPS) is 41.9. The molecule has 1 fully saturated rings. The van der Waals surface area contributed by atoms with E-state index in [0.29, 0.717) is 0 Å². The molecule has 0 amide bonds. The molecular weight excluding hydrogens is 204 g/mol. The van der Waals surface area contributed by atoms with Gasteiger partial charge in [0.05, 0.1) is 24.5 Å². The predicted octanol–water partition coefficient (Wildman–Crippen LogP) is -0.261. The highest BCUT2D eigenvalue weighted by molar-refractivity contribution is 6.29. The van der Waals surface area contributed by atoms with Crippen molar-refractivity contribution in [3.8, 4) is 0 Å². The first kappa shape index (κ1) is 9.96. The Morgan fingerprint density at radius 2 is 2.25 bits per heavy atom. The van der Waals surface area contributed by atoms with Gasteiger partial charge in [0.25, 0.3) is 0 Å². The number of ketones is 1. The Morgan fingerprint density at radius 3 is 3.06 bits per heavy atom. The van der Waals surface area contributed by atoms with Crippen molar-refractivity contribution in [2.45, 2.75) is 37.5 Å². The van der Waals surface area contributed by atoms with Crippen LogP contribution in [-0.2, 0) is 4.79 Å². The molecule has 0 saturated carbocycles. The van der Waals surface area contributed by atoms with Gasteiger partial charge in [0.2, 0.25) is 0 Å². The fraction of sp³-hybridized carbons (Fsp3) is 0.727. The van der Waals surface area contributed by atoms with Gasteiger partial charge in [-0.05, 0) is 12.8 Å². The van der Waals surface area contributed by atoms with E-state index in [4.69, 9.17) is 0 Å². The quantitative estimate of drug-likeness (QED) is 0.660. The van der Waals surface area contributed by atoms with Crippen LogP contribution in [0, 0.1) is 5.92 Å². The number of rotatable bonds is 1. The van der Waals surface area contributed by atoms with E-state index in [1.807, 2.05) is 0 Å². The highest BCUT2D eigenvalue weighted by Gasteiger charge is 2.43. The van der Waals surface area contributed by atoms with Gasteiger partial charge >= 0.3 is 0 Å². The number of nitrogens with zero attached hydrogens (tertiary/aromatic N) is 3. The third-order valence-electron chi connectivity index (χ3n) is 3.57. The van der Waals surface area contributed by atoms with Crippen LogP contribution < -0.4 is 10.6 Å².